The van der Waals surface area contributed by atoms with E-state index in [4.69, 9.17) is 11.6 Å². The van der Waals surface area contributed by atoms with Crippen molar-refractivity contribution >= 4 is 40.7 Å². The van der Waals surface area contributed by atoms with Crippen molar-refractivity contribution in [2.45, 2.75) is 38.6 Å². The smallest absolute Gasteiger partial charge is 0.280 e. The standard InChI is InChI=1S/C23H26ClN5O2/c1-13(2)27-22(31)16-4-3-5-19(20(16)24)28-18-9-8-15(12-17(18)14-6-7-14)21(30)29-23-25-10-11-26-23/h3-5,8-9,12-14,28H,6-7,10-11H2,1-2H3,(H,27,31)(H2,25,26,29,30). The summed E-state index contributed by atoms with van der Waals surface area (Å²) in [6.07, 6.45) is 2.16. The Hall–Kier alpha value is -3.06. The molecule has 8 heteroatoms. The molecule has 1 aliphatic carbocycles. The molecule has 0 atom stereocenters. The van der Waals surface area contributed by atoms with Crippen LogP contribution in [0.5, 0.6) is 0 Å². The number of hydrogen-bond donors (Lipinski definition) is 4. The lowest BCUT2D eigenvalue weighted by atomic mass is 10.0. The summed E-state index contributed by atoms with van der Waals surface area (Å²) in [5.74, 6) is 0.427. The molecule has 1 saturated heterocycles. The summed E-state index contributed by atoms with van der Waals surface area (Å²) in [5.41, 5.74) is 3.57. The molecular formula is C23H26ClN5O2. The van der Waals surface area contributed by atoms with Crippen LogP contribution in [0, 0.1) is 0 Å². The lowest BCUT2D eigenvalue weighted by Gasteiger charge is -2.16. The molecule has 1 aliphatic heterocycles. The number of amides is 2. The van der Waals surface area contributed by atoms with Gasteiger partial charge in [-0.1, -0.05) is 17.7 Å². The van der Waals surface area contributed by atoms with Gasteiger partial charge in [0.1, 0.15) is 0 Å². The Morgan fingerprint density at radius 2 is 1.84 bits per heavy atom. The number of carbonyl (C=O) groups excluding carboxylic acids is 2. The molecule has 7 nitrogen and oxygen atoms in total. The van der Waals surface area contributed by atoms with E-state index in [1.807, 2.05) is 32.0 Å². The SMILES string of the molecule is CC(C)NC(=O)c1cccc(Nc2ccc(C(=O)N=C3NCCN3)cc2C2CC2)c1Cl. The first-order valence-corrected chi connectivity index (χ1v) is 10.9. The minimum atomic E-state index is -0.282. The zero-order valence-electron chi connectivity index (χ0n) is 17.6. The maximum Gasteiger partial charge on any atom is 0.280 e. The van der Waals surface area contributed by atoms with Crippen LogP contribution in [0.15, 0.2) is 41.4 Å². The Labute approximate surface area is 186 Å². The molecule has 4 N–H and O–H groups in total. The van der Waals surface area contributed by atoms with E-state index >= 15 is 0 Å². The van der Waals surface area contributed by atoms with E-state index in [9.17, 15) is 9.59 Å². The molecule has 2 aromatic carbocycles. The summed E-state index contributed by atoms with van der Waals surface area (Å²) in [7, 11) is 0. The van der Waals surface area contributed by atoms with Crippen molar-refractivity contribution in [2.24, 2.45) is 4.99 Å². The third kappa shape index (κ3) is 4.99. The zero-order valence-corrected chi connectivity index (χ0v) is 18.3. The highest BCUT2D eigenvalue weighted by atomic mass is 35.5. The molecule has 4 rings (SSSR count). The Kier molecular flexibility index (Phi) is 6.13. The average Bonchev–Trinajstić information content (AvgIpc) is 3.45. The van der Waals surface area contributed by atoms with Gasteiger partial charge in [0.15, 0.2) is 5.96 Å². The second kappa shape index (κ2) is 8.98. The Morgan fingerprint density at radius 1 is 1.10 bits per heavy atom. The van der Waals surface area contributed by atoms with Gasteiger partial charge in [0.05, 0.1) is 16.3 Å². The maximum atomic E-state index is 12.6. The molecule has 0 spiro atoms. The Bertz CT molecular complexity index is 1040. The largest absolute Gasteiger partial charge is 0.354 e. The van der Waals surface area contributed by atoms with Crippen LogP contribution in [0.1, 0.15) is 58.9 Å². The number of carbonyl (C=O) groups is 2. The first-order valence-electron chi connectivity index (χ1n) is 10.5. The molecular weight excluding hydrogens is 414 g/mol. The molecule has 1 saturated carbocycles. The number of halogens is 1. The van der Waals surface area contributed by atoms with E-state index in [1.165, 1.54) is 0 Å². The topological polar surface area (TPSA) is 94.6 Å². The quantitative estimate of drug-likeness (QED) is 0.549. The zero-order chi connectivity index (χ0) is 22.0. The van der Waals surface area contributed by atoms with Crippen LogP contribution in [0.25, 0.3) is 0 Å². The predicted molar refractivity (Wildman–Crippen MR) is 124 cm³/mol. The molecule has 2 fully saturated rings. The molecule has 31 heavy (non-hydrogen) atoms. The number of guanidine groups is 1. The van der Waals surface area contributed by atoms with Crippen molar-refractivity contribution < 1.29 is 9.59 Å². The van der Waals surface area contributed by atoms with Crippen LogP contribution in [-0.4, -0.2) is 36.9 Å². The molecule has 0 aromatic heterocycles. The van der Waals surface area contributed by atoms with Crippen LogP contribution < -0.4 is 21.3 Å². The van der Waals surface area contributed by atoms with Crippen molar-refractivity contribution in [3.05, 3.63) is 58.1 Å². The van der Waals surface area contributed by atoms with Crippen molar-refractivity contribution in [3.63, 3.8) is 0 Å². The molecule has 1 heterocycles. The van der Waals surface area contributed by atoms with Gasteiger partial charge in [0.2, 0.25) is 0 Å². The van der Waals surface area contributed by atoms with Crippen molar-refractivity contribution in [1.29, 1.82) is 0 Å². The first-order chi connectivity index (χ1) is 14.9. The lowest BCUT2D eigenvalue weighted by Crippen LogP contribution is -2.30. The first kappa shape index (κ1) is 21.2. The molecule has 0 bridgehead atoms. The highest BCUT2D eigenvalue weighted by Gasteiger charge is 2.27. The van der Waals surface area contributed by atoms with E-state index in [0.717, 1.165) is 37.2 Å². The van der Waals surface area contributed by atoms with Crippen LogP contribution in [0.4, 0.5) is 11.4 Å². The summed E-state index contributed by atoms with van der Waals surface area (Å²) in [4.78, 5) is 29.1. The van der Waals surface area contributed by atoms with E-state index in [-0.39, 0.29) is 17.9 Å². The van der Waals surface area contributed by atoms with Gasteiger partial charge < -0.3 is 21.3 Å². The monoisotopic (exact) mass is 439 g/mol. The molecule has 2 aliphatic rings. The summed E-state index contributed by atoms with van der Waals surface area (Å²) in [5, 5.41) is 12.7. The van der Waals surface area contributed by atoms with Gasteiger partial charge in [0.25, 0.3) is 11.8 Å². The van der Waals surface area contributed by atoms with Gasteiger partial charge in [-0.25, -0.2) is 0 Å². The summed E-state index contributed by atoms with van der Waals surface area (Å²) < 4.78 is 0. The number of nitrogens with zero attached hydrogens (tertiary/aromatic N) is 1. The van der Waals surface area contributed by atoms with Gasteiger partial charge in [-0.05, 0) is 68.5 Å². The summed E-state index contributed by atoms with van der Waals surface area (Å²) in [6, 6.07) is 10.9. The lowest BCUT2D eigenvalue weighted by molar-refractivity contribution is 0.0942. The molecule has 2 amide bonds. The van der Waals surface area contributed by atoms with Gasteiger partial charge in [0, 0.05) is 30.4 Å². The number of nitrogens with one attached hydrogen (secondary N) is 4. The fourth-order valence-corrected chi connectivity index (χ4v) is 3.76. The predicted octanol–water partition coefficient (Wildman–Crippen LogP) is 3.79. The Balaban J connectivity index is 1.60. The highest BCUT2D eigenvalue weighted by molar-refractivity contribution is 6.36. The molecule has 162 valence electrons. The molecule has 0 unspecified atom stereocenters. The minimum Gasteiger partial charge on any atom is -0.354 e. The summed E-state index contributed by atoms with van der Waals surface area (Å²) >= 11 is 6.55. The number of hydrogen-bond acceptors (Lipinski definition) is 3. The van der Waals surface area contributed by atoms with Crippen molar-refractivity contribution in [2.75, 3.05) is 18.4 Å². The molecule has 0 radical (unpaired) electrons. The van der Waals surface area contributed by atoms with Crippen molar-refractivity contribution in [1.82, 2.24) is 16.0 Å². The van der Waals surface area contributed by atoms with Gasteiger partial charge >= 0.3 is 0 Å². The van der Waals surface area contributed by atoms with Gasteiger partial charge in [-0.15, -0.1) is 0 Å². The van der Waals surface area contributed by atoms with E-state index in [1.54, 1.807) is 18.2 Å². The van der Waals surface area contributed by atoms with Crippen LogP contribution in [0.3, 0.4) is 0 Å². The second-order valence-corrected chi connectivity index (χ2v) is 8.49. The summed E-state index contributed by atoms with van der Waals surface area (Å²) in [6.45, 7) is 5.33. The maximum absolute atomic E-state index is 12.6. The Morgan fingerprint density at radius 3 is 2.52 bits per heavy atom. The molecule has 2 aromatic rings. The average molecular weight is 440 g/mol. The fourth-order valence-electron chi connectivity index (χ4n) is 3.50. The van der Waals surface area contributed by atoms with Crippen LogP contribution >= 0.6 is 11.6 Å². The number of aliphatic imine (C=N–C) groups is 1. The normalized spacial score (nSPS) is 15.3. The number of rotatable bonds is 6. The number of anilines is 2. The van der Waals surface area contributed by atoms with Crippen LogP contribution in [0.2, 0.25) is 5.02 Å². The van der Waals surface area contributed by atoms with Crippen molar-refractivity contribution in [3.8, 4) is 0 Å². The van der Waals surface area contributed by atoms with Gasteiger partial charge in [-0.3, -0.25) is 9.59 Å². The highest BCUT2D eigenvalue weighted by Crippen LogP contribution is 2.45. The minimum absolute atomic E-state index is 0.0185. The number of benzene rings is 2. The fraction of sp³-hybridized carbons (Fsp3) is 0.348. The third-order valence-electron chi connectivity index (χ3n) is 5.17. The third-order valence-corrected chi connectivity index (χ3v) is 5.58. The van der Waals surface area contributed by atoms with E-state index < -0.39 is 0 Å². The van der Waals surface area contributed by atoms with Crippen LogP contribution in [-0.2, 0) is 0 Å². The second-order valence-electron chi connectivity index (χ2n) is 8.12. The van der Waals surface area contributed by atoms with Gasteiger partial charge in [-0.2, -0.15) is 4.99 Å². The van der Waals surface area contributed by atoms with E-state index in [2.05, 4.69) is 26.3 Å². The van der Waals surface area contributed by atoms with E-state index in [0.29, 0.717) is 33.7 Å².